The summed E-state index contributed by atoms with van der Waals surface area (Å²) in [5.41, 5.74) is 8.00. The first-order chi connectivity index (χ1) is 16.5. The summed E-state index contributed by atoms with van der Waals surface area (Å²) in [6.07, 6.45) is 5.58. The quantitative estimate of drug-likeness (QED) is 0.329. The molecule has 1 heterocycles. The molecule has 0 atom stereocenters. The molecule has 1 aromatic heterocycles. The summed E-state index contributed by atoms with van der Waals surface area (Å²) in [5, 5.41) is 4.25. The van der Waals surface area contributed by atoms with E-state index in [0.29, 0.717) is 6.54 Å². The van der Waals surface area contributed by atoms with Gasteiger partial charge in [0.15, 0.2) is 0 Å². The van der Waals surface area contributed by atoms with Crippen LogP contribution in [0.25, 0.3) is 10.9 Å². The van der Waals surface area contributed by atoms with Crippen LogP contribution in [0.15, 0.2) is 77.8 Å². The zero-order valence-corrected chi connectivity index (χ0v) is 20.7. The van der Waals surface area contributed by atoms with Gasteiger partial charge < -0.3 is 10.2 Å². The number of anilines is 1. The fourth-order valence-electron chi connectivity index (χ4n) is 4.89. The van der Waals surface area contributed by atoms with Gasteiger partial charge in [0, 0.05) is 29.1 Å². The predicted molar refractivity (Wildman–Crippen MR) is 142 cm³/mol. The van der Waals surface area contributed by atoms with Gasteiger partial charge in [-0.1, -0.05) is 48.0 Å². The Kier molecular flexibility index (Phi) is 6.29. The second kappa shape index (κ2) is 9.51. The standard InChI is InChI=1S/C29H29N3OS/c1-19-10-11-20(2)23(15-19)18-32(24-16-21-7-4-5-8-22(21)17-24)29(33)31-28-25-9-6-14-30-26(25)12-13-27(28)34-3/h4-15,24H,16-18H2,1-3H3,(H,31,33). The predicted octanol–water partition coefficient (Wildman–Crippen LogP) is 6.78. The molecule has 1 N–H and O–H groups in total. The number of carbonyl (C=O) groups is 1. The van der Waals surface area contributed by atoms with Gasteiger partial charge in [-0.2, -0.15) is 0 Å². The maximum Gasteiger partial charge on any atom is 0.322 e. The number of aryl methyl sites for hydroxylation is 2. The largest absolute Gasteiger partial charge is 0.322 e. The van der Waals surface area contributed by atoms with Crippen LogP contribution in [0.4, 0.5) is 10.5 Å². The van der Waals surface area contributed by atoms with Crippen molar-refractivity contribution in [3.05, 3.63) is 101 Å². The van der Waals surface area contributed by atoms with Crippen LogP contribution in [0.5, 0.6) is 0 Å². The van der Waals surface area contributed by atoms with Gasteiger partial charge in [-0.15, -0.1) is 11.8 Å². The van der Waals surface area contributed by atoms with E-state index in [0.717, 1.165) is 34.3 Å². The Morgan fingerprint density at radius 1 is 1.03 bits per heavy atom. The van der Waals surface area contributed by atoms with Crippen LogP contribution < -0.4 is 5.32 Å². The normalized spacial score (nSPS) is 13.1. The summed E-state index contributed by atoms with van der Waals surface area (Å²) in [7, 11) is 0. The van der Waals surface area contributed by atoms with Crippen LogP contribution in [0, 0.1) is 13.8 Å². The van der Waals surface area contributed by atoms with Gasteiger partial charge in [0.05, 0.1) is 11.2 Å². The minimum atomic E-state index is -0.0645. The van der Waals surface area contributed by atoms with E-state index in [1.807, 2.05) is 35.4 Å². The number of amides is 2. The molecule has 34 heavy (non-hydrogen) atoms. The molecule has 0 radical (unpaired) electrons. The Morgan fingerprint density at radius 3 is 2.53 bits per heavy atom. The molecule has 0 spiro atoms. The fraction of sp³-hybridized carbons (Fsp3) is 0.241. The third-order valence-electron chi connectivity index (χ3n) is 6.78. The number of nitrogens with one attached hydrogen (secondary N) is 1. The van der Waals surface area contributed by atoms with E-state index < -0.39 is 0 Å². The number of pyridine rings is 1. The molecule has 5 heteroatoms. The summed E-state index contributed by atoms with van der Waals surface area (Å²) >= 11 is 1.63. The Hall–Kier alpha value is -3.31. The highest BCUT2D eigenvalue weighted by atomic mass is 32.2. The first kappa shape index (κ1) is 22.5. The number of benzene rings is 3. The highest BCUT2D eigenvalue weighted by molar-refractivity contribution is 7.98. The van der Waals surface area contributed by atoms with Gasteiger partial charge in [-0.25, -0.2) is 4.79 Å². The SMILES string of the molecule is CSc1ccc2ncccc2c1NC(=O)N(Cc1cc(C)ccc1C)C1Cc2ccccc2C1. The number of hydrogen-bond donors (Lipinski definition) is 1. The van der Waals surface area contributed by atoms with Crippen molar-refractivity contribution < 1.29 is 4.79 Å². The van der Waals surface area contributed by atoms with Crippen molar-refractivity contribution in [3.8, 4) is 0 Å². The van der Waals surface area contributed by atoms with E-state index in [-0.39, 0.29) is 12.1 Å². The van der Waals surface area contributed by atoms with Crippen molar-refractivity contribution in [2.75, 3.05) is 11.6 Å². The molecule has 0 saturated carbocycles. The molecule has 5 rings (SSSR count). The van der Waals surface area contributed by atoms with Crippen molar-refractivity contribution in [2.45, 2.75) is 44.2 Å². The second-order valence-corrected chi connectivity index (χ2v) is 9.88. The number of aromatic nitrogens is 1. The van der Waals surface area contributed by atoms with E-state index in [1.54, 1.807) is 18.0 Å². The van der Waals surface area contributed by atoms with Crippen LogP contribution in [0.3, 0.4) is 0 Å². The Balaban J connectivity index is 1.51. The molecule has 172 valence electrons. The lowest BCUT2D eigenvalue weighted by molar-refractivity contribution is 0.185. The number of hydrogen-bond acceptors (Lipinski definition) is 3. The van der Waals surface area contributed by atoms with Gasteiger partial charge >= 0.3 is 6.03 Å². The van der Waals surface area contributed by atoms with Crippen molar-refractivity contribution in [3.63, 3.8) is 0 Å². The Bertz CT molecular complexity index is 1340. The molecular formula is C29H29N3OS. The Morgan fingerprint density at radius 2 is 1.79 bits per heavy atom. The fourth-order valence-corrected chi connectivity index (χ4v) is 5.46. The number of urea groups is 1. The summed E-state index contributed by atoms with van der Waals surface area (Å²) < 4.78 is 0. The first-order valence-electron chi connectivity index (χ1n) is 11.7. The smallest absolute Gasteiger partial charge is 0.317 e. The highest BCUT2D eigenvalue weighted by Crippen LogP contribution is 2.34. The number of thioether (sulfide) groups is 1. The van der Waals surface area contributed by atoms with E-state index in [9.17, 15) is 4.79 Å². The molecule has 4 nitrogen and oxygen atoms in total. The van der Waals surface area contributed by atoms with Crippen LogP contribution in [0.1, 0.15) is 27.8 Å². The van der Waals surface area contributed by atoms with Crippen molar-refractivity contribution >= 4 is 34.4 Å². The van der Waals surface area contributed by atoms with Crippen LogP contribution in [-0.2, 0) is 19.4 Å². The summed E-state index contributed by atoms with van der Waals surface area (Å²) in [6.45, 7) is 4.80. The minimum absolute atomic E-state index is 0.0645. The third kappa shape index (κ3) is 4.40. The van der Waals surface area contributed by atoms with E-state index >= 15 is 0 Å². The monoisotopic (exact) mass is 467 g/mol. The van der Waals surface area contributed by atoms with E-state index in [4.69, 9.17) is 0 Å². The van der Waals surface area contributed by atoms with Gasteiger partial charge in [0.2, 0.25) is 0 Å². The van der Waals surface area contributed by atoms with Crippen molar-refractivity contribution in [2.24, 2.45) is 0 Å². The zero-order chi connectivity index (χ0) is 23.7. The average Bonchev–Trinajstić information content (AvgIpc) is 3.28. The average molecular weight is 468 g/mol. The van der Waals surface area contributed by atoms with E-state index in [2.05, 4.69) is 66.6 Å². The molecular weight excluding hydrogens is 438 g/mol. The molecule has 1 aliphatic carbocycles. The molecule has 0 saturated heterocycles. The number of nitrogens with zero attached hydrogens (tertiary/aromatic N) is 2. The molecule has 1 aliphatic rings. The Labute approximate surface area is 205 Å². The molecule has 3 aromatic carbocycles. The lowest BCUT2D eigenvalue weighted by atomic mass is 10.0. The summed E-state index contributed by atoms with van der Waals surface area (Å²) in [4.78, 5) is 21.5. The van der Waals surface area contributed by atoms with Crippen LogP contribution in [0.2, 0.25) is 0 Å². The second-order valence-electron chi connectivity index (χ2n) is 9.03. The lowest BCUT2D eigenvalue weighted by Gasteiger charge is -2.30. The number of rotatable bonds is 5. The van der Waals surface area contributed by atoms with Gasteiger partial charge in [0.25, 0.3) is 0 Å². The number of fused-ring (bicyclic) bond motifs is 2. The third-order valence-corrected chi connectivity index (χ3v) is 7.56. The zero-order valence-electron chi connectivity index (χ0n) is 19.8. The molecule has 0 fully saturated rings. The first-order valence-corrected chi connectivity index (χ1v) is 12.9. The maximum absolute atomic E-state index is 13.9. The van der Waals surface area contributed by atoms with Crippen LogP contribution >= 0.6 is 11.8 Å². The summed E-state index contributed by atoms with van der Waals surface area (Å²) in [6, 6.07) is 23.1. The molecule has 0 aliphatic heterocycles. The molecule has 2 amide bonds. The lowest BCUT2D eigenvalue weighted by Crippen LogP contribution is -2.43. The molecule has 0 unspecified atom stereocenters. The van der Waals surface area contributed by atoms with Gasteiger partial charge in [-0.05, 0) is 79.5 Å². The minimum Gasteiger partial charge on any atom is -0.317 e. The van der Waals surface area contributed by atoms with Crippen LogP contribution in [-0.4, -0.2) is 28.2 Å². The molecule has 4 aromatic rings. The molecule has 0 bridgehead atoms. The van der Waals surface area contributed by atoms with Crippen molar-refractivity contribution in [1.82, 2.24) is 9.88 Å². The summed E-state index contributed by atoms with van der Waals surface area (Å²) in [5.74, 6) is 0. The van der Waals surface area contributed by atoms with Gasteiger partial charge in [0.1, 0.15) is 0 Å². The van der Waals surface area contributed by atoms with Gasteiger partial charge in [-0.3, -0.25) is 4.98 Å². The highest BCUT2D eigenvalue weighted by Gasteiger charge is 2.31. The van der Waals surface area contributed by atoms with E-state index in [1.165, 1.54) is 27.8 Å². The van der Waals surface area contributed by atoms with Crippen molar-refractivity contribution in [1.29, 1.82) is 0 Å². The topological polar surface area (TPSA) is 45.2 Å². The number of carbonyl (C=O) groups excluding carboxylic acids is 1. The maximum atomic E-state index is 13.9.